The smallest absolute Gasteiger partial charge is 0.320 e. The maximum absolute atomic E-state index is 12.6. The molecule has 8 heteroatoms. The number of benzene rings is 1. The summed E-state index contributed by atoms with van der Waals surface area (Å²) in [6.45, 7) is 3.10. The highest BCUT2D eigenvalue weighted by Gasteiger charge is 2.20. The summed E-state index contributed by atoms with van der Waals surface area (Å²) in [6, 6.07) is 10.7. The molecule has 2 aromatic heterocycles. The number of carbonyl (C=O) groups excluding carboxylic acids is 1. The van der Waals surface area contributed by atoms with Crippen LogP contribution in [0.2, 0.25) is 0 Å². The Morgan fingerprint density at radius 3 is 2.89 bits per heavy atom. The first-order valence-corrected chi connectivity index (χ1v) is 9.37. The minimum atomic E-state index is -0.710. The summed E-state index contributed by atoms with van der Waals surface area (Å²) >= 11 is 0. The van der Waals surface area contributed by atoms with Crippen molar-refractivity contribution < 1.29 is 14.6 Å². The largest absolute Gasteiger partial charge is 0.390 e. The van der Waals surface area contributed by atoms with Gasteiger partial charge in [0.2, 0.25) is 0 Å². The van der Waals surface area contributed by atoms with Crippen molar-refractivity contribution in [1.29, 1.82) is 0 Å². The van der Waals surface area contributed by atoms with Crippen molar-refractivity contribution in [2.75, 3.05) is 18.5 Å². The Hall–Kier alpha value is -2.97. The predicted octanol–water partition coefficient (Wildman–Crippen LogP) is 2.25. The van der Waals surface area contributed by atoms with Gasteiger partial charge in [0, 0.05) is 18.4 Å². The molecule has 146 valence electrons. The van der Waals surface area contributed by atoms with Gasteiger partial charge in [0.15, 0.2) is 0 Å². The number of fused-ring (bicyclic) bond motifs is 4. The van der Waals surface area contributed by atoms with Crippen molar-refractivity contribution >= 4 is 22.8 Å². The summed E-state index contributed by atoms with van der Waals surface area (Å²) in [6.07, 6.45) is 1.35. The highest BCUT2D eigenvalue weighted by atomic mass is 16.5. The third-order valence-electron chi connectivity index (χ3n) is 4.76. The summed E-state index contributed by atoms with van der Waals surface area (Å²) in [7, 11) is 0. The number of nitrogens with one attached hydrogen (secondary N) is 2. The van der Waals surface area contributed by atoms with Gasteiger partial charge in [-0.1, -0.05) is 30.3 Å². The fraction of sp³-hybridized carbons (Fsp3) is 0.350. The lowest BCUT2D eigenvalue weighted by Gasteiger charge is -2.22. The number of hydrogen-bond acceptors (Lipinski definition) is 5. The number of pyridine rings is 1. The molecule has 1 aliphatic rings. The van der Waals surface area contributed by atoms with Gasteiger partial charge in [0.1, 0.15) is 5.82 Å². The van der Waals surface area contributed by atoms with E-state index in [0.717, 1.165) is 16.5 Å². The molecule has 0 saturated carbocycles. The fourth-order valence-electron chi connectivity index (χ4n) is 3.47. The van der Waals surface area contributed by atoms with Gasteiger partial charge in [-0.2, -0.15) is 5.10 Å². The van der Waals surface area contributed by atoms with Crippen molar-refractivity contribution in [3.63, 3.8) is 0 Å². The van der Waals surface area contributed by atoms with E-state index in [1.165, 1.54) is 0 Å². The van der Waals surface area contributed by atoms with Crippen LogP contribution in [0.15, 0.2) is 42.6 Å². The minimum Gasteiger partial charge on any atom is -0.390 e. The average Bonchev–Trinajstić information content (AvgIpc) is 3.10. The van der Waals surface area contributed by atoms with Crippen molar-refractivity contribution in [3.05, 3.63) is 53.9 Å². The monoisotopic (exact) mass is 381 g/mol. The standard InChI is InChI=1S/C20H23N5O3/c1-2-25-19-14(10-21-25)8-18-22-16(19)9-15(26)11-28-12-17(23-20(27)24-18)13-6-4-3-5-7-13/h3-8,10,15,17,26H,2,9,11-12H2,1H3,(H2,22,23,24,27). The molecular weight excluding hydrogens is 358 g/mol. The summed E-state index contributed by atoms with van der Waals surface area (Å²) in [5.41, 5.74) is 2.48. The van der Waals surface area contributed by atoms with Crippen LogP contribution < -0.4 is 10.6 Å². The van der Waals surface area contributed by atoms with E-state index in [0.29, 0.717) is 24.5 Å². The number of anilines is 1. The molecule has 0 aliphatic carbocycles. The third-order valence-corrected chi connectivity index (χ3v) is 4.76. The molecule has 0 spiro atoms. The number of amides is 2. The van der Waals surface area contributed by atoms with Gasteiger partial charge in [0.25, 0.3) is 0 Å². The van der Waals surface area contributed by atoms with E-state index in [4.69, 9.17) is 4.74 Å². The highest BCUT2D eigenvalue weighted by molar-refractivity contribution is 5.92. The van der Waals surface area contributed by atoms with Gasteiger partial charge in [-0.05, 0) is 18.6 Å². The lowest BCUT2D eigenvalue weighted by atomic mass is 10.1. The SMILES string of the molecule is CCn1ncc2cc3nc(c21)CC(O)COCC(c1ccccc1)NC(=O)N3. The van der Waals surface area contributed by atoms with Crippen molar-refractivity contribution in [2.24, 2.45) is 0 Å². The second-order valence-electron chi connectivity index (χ2n) is 6.81. The molecule has 2 unspecified atom stereocenters. The van der Waals surface area contributed by atoms with Crippen molar-refractivity contribution in [3.8, 4) is 0 Å². The number of ether oxygens (including phenoxy) is 1. The van der Waals surface area contributed by atoms with Crippen LogP contribution in [0.4, 0.5) is 10.6 Å². The zero-order valence-corrected chi connectivity index (χ0v) is 15.6. The van der Waals surface area contributed by atoms with Crippen LogP contribution in [0.1, 0.15) is 24.2 Å². The Morgan fingerprint density at radius 1 is 1.29 bits per heavy atom. The summed E-state index contributed by atoms with van der Waals surface area (Å²) < 4.78 is 7.55. The lowest BCUT2D eigenvalue weighted by Crippen LogP contribution is -2.36. The molecule has 0 saturated heterocycles. The number of aromatic nitrogens is 3. The Balaban J connectivity index is 1.68. The van der Waals surface area contributed by atoms with Gasteiger partial charge in [0.05, 0.1) is 42.8 Å². The number of urea groups is 1. The molecular formula is C20H23N5O3. The normalized spacial score (nSPS) is 20.7. The highest BCUT2D eigenvalue weighted by Crippen LogP contribution is 2.23. The van der Waals surface area contributed by atoms with Crippen LogP contribution >= 0.6 is 0 Å². The van der Waals surface area contributed by atoms with E-state index in [-0.39, 0.29) is 25.3 Å². The number of aryl methyl sites for hydroxylation is 1. The molecule has 2 atom stereocenters. The van der Waals surface area contributed by atoms with Crippen molar-refractivity contribution in [1.82, 2.24) is 20.1 Å². The van der Waals surface area contributed by atoms with Gasteiger partial charge >= 0.3 is 6.03 Å². The Kier molecular flexibility index (Phi) is 5.23. The number of carbonyl (C=O) groups is 1. The number of aliphatic hydroxyl groups is 1. The summed E-state index contributed by atoms with van der Waals surface area (Å²) in [5.74, 6) is 0.427. The maximum Gasteiger partial charge on any atom is 0.320 e. The van der Waals surface area contributed by atoms with Crippen LogP contribution in [-0.2, 0) is 17.7 Å². The molecule has 2 bridgehead atoms. The fourth-order valence-corrected chi connectivity index (χ4v) is 3.47. The van der Waals surface area contributed by atoms with Crippen LogP contribution in [0.5, 0.6) is 0 Å². The molecule has 0 radical (unpaired) electrons. The van der Waals surface area contributed by atoms with E-state index in [1.807, 2.05) is 41.9 Å². The van der Waals surface area contributed by atoms with E-state index < -0.39 is 6.10 Å². The number of nitrogens with zero attached hydrogens (tertiary/aromatic N) is 3. The molecule has 28 heavy (non-hydrogen) atoms. The van der Waals surface area contributed by atoms with Gasteiger partial charge in [-0.15, -0.1) is 0 Å². The predicted molar refractivity (Wildman–Crippen MR) is 105 cm³/mol. The van der Waals surface area contributed by atoms with Crippen LogP contribution in [0.3, 0.4) is 0 Å². The second-order valence-corrected chi connectivity index (χ2v) is 6.81. The van der Waals surface area contributed by atoms with Crippen LogP contribution in [0, 0.1) is 0 Å². The first kappa shape index (κ1) is 18.4. The van der Waals surface area contributed by atoms with E-state index >= 15 is 0 Å². The molecule has 1 aromatic carbocycles. The van der Waals surface area contributed by atoms with Crippen LogP contribution in [0.25, 0.3) is 10.9 Å². The summed E-state index contributed by atoms with van der Waals surface area (Å²) in [4.78, 5) is 17.1. The zero-order valence-electron chi connectivity index (χ0n) is 15.6. The van der Waals surface area contributed by atoms with Crippen LogP contribution in [-0.4, -0.2) is 45.2 Å². The molecule has 3 aromatic rings. The van der Waals surface area contributed by atoms with Crippen molar-refractivity contribution in [2.45, 2.75) is 32.0 Å². The molecule has 2 amide bonds. The zero-order chi connectivity index (χ0) is 19.5. The molecule has 0 fully saturated rings. The third kappa shape index (κ3) is 3.83. The lowest BCUT2D eigenvalue weighted by molar-refractivity contribution is 0.0283. The average molecular weight is 381 g/mol. The van der Waals surface area contributed by atoms with Gasteiger partial charge < -0.3 is 15.2 Å². The van der Waals surface area contributed by atoms with Gasteiger partial charge in [-0.3, -0.25) is 10.00 Å². The quantitative estimate of drug-likeness (QED) is 0.632. The molecule has 8 nitrogen and oxygen atoms in total. The maximum atomic E-state index is 12.6. The molecule has 1 aliphatic heterocycles. The molecule has 4 rings (SSSR count). The van der Waals surface area contributed by atoms with E-state index in [9.17, 15) is 9.90 Å². The second kappa shape index (κ2) is 7.95. The van der Waals surface area contributed by atoms with E-state index in [2.05, 4.69) is 20.7 Å². The topological polar surface area (TPSA) is 101 Å². The minimum absolute atomic E-state index is 0.153. The Labute approximate surface area is 162 Å². The summed E-state index contributed by atoms with van der Waals surface area (Å²) in [5, 5.41) is 21.4. The first-order valence-electron chi connectivity index (χ1n) is 9.37. The number of aliphatic hydroxyl groups excluding tert-OH is 1. The Morgan fingerprint density at radius 2 is 2.11 bits per heavy atom. The first-order chi connectivity index (χ1) is 13.6. The molecule has 3 heterocycles. The molecule has 3 N–H and O–H groups in total. The van der Waals surface area contributed by atoms with E-state index in [1.54, 1.807) is 12.3 Å². The number of hydrogen-bond donors (Lipinski definition) is 3. The van der Waals surface area contributed by atoms with Gasteiger partial charge in [-0.25, -0.2) is 9.78 Å². The number of rotatable bonds is 2. The Bertz CT molecular complexity index is 973.